The molecule has 1 aromatic rings. The number of rotatable bonds is 1. The van der Waals surface area contributed by atoms with Crippen molar-refractivity contribution in [2.45, 2.75) is 25.7 Å². The maximum absolute atomic E-state index is 5.80. The Morgan fingerprint density at radius 3 is 2.43 bits per heavy atom. The molecule has 0 amide bonds. The molecule has 0 saturated carbocycles. The first-order chi connectivity index (χ1) is 6.57. The second-order valence-corrected chi connectivity index (χ2v) is 4.31. The largest absolute Gasteiger partial charge is 0.347 e. The van der Waals surface area contributed by atoms with Crippen molar-refractivity contribution in [2.24, 2.45) is 0 Å². The molecule has 0 unspecified atom stereocenters. The van der Waals surface area contributed by atoms with Crippen LogP contribution in [0.3, 0.4) is 0 Å². The average molecular weight is 213 g/mol. The van der Waals surface area contributed by atoms with Crippen molar-refractivity contribution in [3.8, 4) is 0 Å². The third-order valence-corrected chi connectivity index (χ3v) is 2.50. The smallest absolute Gasteiger partial charge is 0.163 e. The normalized spacial score (nSPS) is 25.2. The molecule has 0 bridgehead atoms. The van der Waals surface area contributed by atoms with Gasteiger partial charge >= 0.3 is 0 Å². The van der Waals surface area contributed by atoms with E-state index in [1.54, 1.807) is 0 Å². The molecule has 2 nitrogen and oxygen atoms in total. The van der Waals surface area contributed by atoms with Crippen LogP contribution in [0.25, 0.3) is 0 Å². The summed E-state index contributed by atoms with van der Waals surface area (Å²) in [5.41, 5.74) is 1.11. The van der Waals surface area contributed by atoms with Crippen LogP contribution in [0.2, 0.25) is 5.02 Å². The Kier molecular flexibility index (Phi) is 2.52. The number of halogens is 1. The third-order valence-electron chi connectivity index (χ3n) is 2.25. The molecule has 1 aliphatic rings. The van der Waals surface area contributed by atoms with E-state index >= 15 is 0 Å². The fraction of sp³-hybridized carbons (Fsp3) is 0.455. The molecule has 0 aromatic heterocycles. The topological polar surface area (TPSA) is 18.5 Å². The van der Waals surface area contributed by atoms with Gasteiger partial charge in [-0.15, -0.1) is 0 Å². The molecule has 1 atom stereocenters. The molecule has 3 heteroatoms. The van der Waals surface area contributed by atoms with E-state index in [0.29, 0.717) is 6.61 Å². The molecule has 0 spiro atoms. The zero-order valence-corrected chi connectivity index (χ0v) is 9.04. The summed E-state index contributed by atoms with van der Waals surface area (Å²) in [4.78, 5) is 0. The van der Waals surface area contributed by atoms with E-state index < -0.39 is 5.79 Å². The van der Waals surface area contributed by atoms with Gasteiger partial charge in [0.05, 0.1) is 6.61 Å². The highest BCUT2D eigenvalue weighted by molar-refractivity contribution is 6.30. The molecule has 2 rings (SSSR count). The Labute approximate surface area is 88.8 Å². The van der Waals surface area contributed by atoms with Crippen LogP contribution in [0, 0.1) is 0 Å². The second kappa shape index (κ2) is 3.54. The summed E-state index contributed by atoms with van der Waals surface area (Å²) in [7, 11) is 0. The van der Waals surface area contributed by atoms with Gasteiger partial charge in [-0.25, -0.2) is 0 Å². The van der Waals surface area contributed by atoms with Crippen LogP contribution in [0.4, 0.5) is 0 Å². The van der Waals surface area contributed by atoms with E-state index in [1.165, 1.54) is 0 Å². The van der Waals surface area contributed by atoms with Gasteiger partial charge in [-0.3, -0.25) is 0 Å². The highest BCUT2D eigenvalue weighted by atomic mass is 35.5. The minimum absolute atomic E-state index is 0.0299. The van der Waals surface area contributed by atoms with Gasteiger partial charge in [0.1, 0.15) is 6.10 Å². The summed E-state index contributed by atoms with van der Waals surface area (Å²) < 4.78 is 11.2. The Balaban J connectivity index is 2.14. The Morgan fingerprint density at radius 1 is 1.29 bits per heavy atom. The fourth-order valence-electron chi connectivity index (χ4n) is 1.53. The molecule has 76 valence electrons. The van der Waals surface area contributed by atoms with Gasteiger partial charge in [-0.05, 0) is 31.5 Å². The molecule has 1 saturated heterocycles. The standard InChI is InChI=1S/C11H13ClO2/c1-11(2)13-7-10(14-11)8-3-5-9(12)6-4-8/h3-6,10H,7H2,1-2H3/t10-/m0/s1. The van der Waals surface area contributed by atoms with Crippen molar-refractivity contribution in [1.29, 1.82) is 0 Å². The van der Waals surface area contributed by atoms with Crippen molar-refractivity contribution in [3.63, 3.8) is 0 Å². The van der Waals surface area contributed by atoms with E-state index in [-0.39, 0.29) is 6.10 Å². The maximum atomic E-state index is 5.80. The lowest BCUT2D eigenvalue weighted by Gasteiger charge is -2.17. The highest BCUT2D eigenvalue weighted by Crippen LogP contribution is 2.32. The first-order valence-electron chi connectivity index (χ1n) is 4.64. The van der Waals surface area contributed by atoms with Crippen LogP contribution < -0.4 is 0 Å². The fourth-order valence-corrected chi connectivity index (χ4v) is 1.65. The molecule has 1 aliphatic heterocycles. The quantitative estimate of drug-likeness (QED) is 0.712. The van der Waals surface area contributed by atoms with Crippen molar-refractivity contribution >= 4 is 11.6 Å². The Hall–Kier alpha value is -0.570. The first kappa shape index (κ1) is 9.97. The predicted molar refractivity (Wildman–Crippen MR) is 55.3 cm³/mol. The Morgan fingerprint density at radius 2 is 1.93 bits per heavy atom. The van der Waals surface area contributed by atoms with Crippen LogP contribution in [-0.4, -0.2) is 12.4 Å². The minimum atomic E-state index is -0.468. The SMILES string of the molecule is CC1(C)OC[C@@H](c2ccc(Cl)cc2)O1. The summed E-state index contributed by atoms with van der Waals surface area (Å²) in [5, 5.41) is 0.743. The summed E-state index contributed by atoms with van der Waals surface area (Å²) in [6, 6.07) is 7.67. The van der Waals surface area contributed by atoms with Gasteiger partial charge < -0.3 is 9.47 Å². The van der Waals surface area contributed by atoms with E-state index in [1.807, 2.05) is 38.1 Å². The molecule has 14 heavy (non-hydrogen) atoms. The van der Waals surface area contributed by atoms with Gasteiger partial charge in [0.2, 0.25) is 0 Å². The van der Waals surface area contributed by atoms with Crippen molar-refractivity contribution in [2.75, 3.05) is 6.61 Å². The molecule has 0 N–H and O–H groups in total. The second-order valence-electron chi connectivity index (χ2n) is 3.87. The highest BCUT2D eigenvalue weighted by Gasteiger charge is 2.33. The summed E-state index contributed by atoms with van der Waals surface area (Å²) >= 11 is 5.80. The maximum Gasteiger partial charge on any atom is 0.163 e. The molecule has 0 radical (unpaired) electrons. The number of benzene rings is 1. The molecular weight excluding hydrogens is 200 g/mol. The minimum Gasteiger partial charge on any atom is -0.347 e. The van der Waals surface area contributed by atoms with Gasteiger partial charge in [0, 0.05) is 5.02 Å². The number of hydrogen-bond acceptors (Lipinski definition) is 2. The lowest BCUT2D eigenvalue weighted by molar-refractivity contribution is -0.139. The van der Waals surface area contributed by atoms with Crippen molar-refractivity contribution in [1.82, 2.24) is 0 Å². The average Bonchev–Trinajstić information content (AvgIpc) is 2.47. The van der Waals surface area contributed by atoms with Crippen molar-refractivity contribution < 1.29 is 9.47 Å². The van der Waals surface area contributed by atoms with Crippen LogP contribution in [-0.2, 0) is 9.47 Å². The van der Waals surface area contributed by atoms with E-state index in [9.17, 15) is 0 Å². The molecule has 0 aliphatic carbocycles. The summed E-state index contributed by atoms with van der Waals surface area (Å²) in [6.45, 7) is 4.44. The monoisotopic (exact) mass is 212 g/mol. The lowest BCUT2D eigenvalue weighted by Crippen LogP contribution is -2.19. The van der Waals surface area contributed by atoms with Crippen LogP contribution in [0.15, 0.2) is 24.3 Å². The molecule has 1 aromatic carbocycles. The van der Waals surface area contributed by atoms with E-state index in [2.05, 4.69) is 0 Å². The van der Waals surface area contributed by atoms with Crippen molar-refractivity contribution in [3.05, 3.63) is 34.9 Å². The van der Waals surface area contributed by atoms with E-state index in [0.717, 1.165) is 10.6 Å². The number of hydrogen-bond donors (Lipinski definition) is 0. The molecular formula is C11H13ClO2. The van der Waals surface area contributed by atoms with E-state index in [4.69, 9.17) is 21.1 Å². The van der Waals surface area contributed by atoms with Gasteiger partial charge in [-0.1, -0.05) is 23.7 Å². The van der Waals surface area contributed by atoms with Crippen LogP contribution >= 0.6 is 11.6 Å². The zero-order chi connectivity index (χ0) is 10.2. The predicted octanol–water partition coefficient (Wildman–Crippen LogP) is 3.16. The summed E-state index contributed by atoms with van der Waals surface area (Å²) in [5.74, 6) is -0.468. The Bertz CT molecular complexity index is 319. The van der Waals surface area contributed by atoms with Crippen LogP contribution in [0.1, 0.15) is 25.5 Å². The summed E-state index contributed by atoms with van der Waals surface area (Å²) in [6.07, 6.45) is 0.0299. The van der Waals surface area contributed by atoms with Gasteiger partial charge in [0.25, 0.3) is 0 Å². The number of ether oxygens (including phenoxy) is 2. The van der Waals surface area contributed by atoms with Gasteiger partial charge in [-0.2, -0.15) is 0 Å². The molecule has 1 fully saturated rings. The van der Waals surface area contributed by atoms with Crippen LogP contribution in [0.5, 0.6) is 0 Å². The molecule has 1 heterocycles. The zero-order valence-electron chi connectivity index (χ0n) is 8.29. The first-order valence-corrected chi connectivity index (χ1v) is 5.02. The van der Waals surface area contributed by atoms with Gasteiger partial charge in [0.15, 0.2) is 5.79 Å². The lowest BCUT2D eigenvalue weighted by atomic mass is 10.1. The third kappa shape index (κ3) is 2.08.